The molecule has 9 heteroatoms. The van der Waals surface area contributed by atoms with Gasteiger partial charge in [0.2, 0.25) is 5.78 Å². The van der Waals surface area contributed by atoms with Gasteiger partial charge in [-0.15, -0.1) is 10.2 Å². The number of fused-ring (bicyclic) bond motifs is 3. The van der Waals surface area contributed by atoms with Crippen LogP contribution in [0.1, 0.15) is 29.0 Å². The first-order valence-corrected chi connectivity index (χ1v) is 10.7. The summed E-state index contributed by atoms with van der Waals surface area (Å²) in [6.45, 7) is 1.79. The van der Waals surface area contributed by atoms with Crippen LogP contribution in [0.4, 0.5) is 5.69 Å². The Balaban J connectivity index is 1.33. The Kier molecular flexibility index (Phi) is 5.32. The molecule has 1 fully saturated rings. The van der Waals surface area contributed by atoms with Gasteiger partial charge in [0.1, 0.15) is 0 Å². The van der Waals surface area contributed by atoms with Gasteiger partial charge in [0.15, 0.2) is 5.82 Å². The lowest BCUT2D eigenvalue weighted by molar-refractivity contribution is 0.0696. The summed E-state index contributed by atoms with van der Waals surface area (Å²) < 4.78 is 8.73. The third-order valence-corrected chi connectivity index (χ3v) is 5.85. The van der Waals surface area contributed by atoms with Crippen molar-refractivity contribution < 1.29 is 9.53 Å². The normalized spacial score (nSPS) is 14.7. The lowest BCUT2D eigenvalue weighted by atomic mass is 10.1. The fraction of sp³-hybridized carbons (Fsp3) is 0.304. The number of hydrogen-bond acceptors (Lipinski definition) is 6. The molecule has 0 saturated carbocycles. The van der Waals surface area contributed by atoms with Gasteiger partial charge in [0, 0.05) is 37.6 Å². The van der Waals surface area contributed by atoms with Crippen LogP contribution in [0.5, 0.6) is 0 Å². The maximum Gasteiger partial charge on any atom is 0.262 e. The van der Waals surface area contributed by atoms with Gasteiger partial charge >= 0.3 is 0 Å². The van der Waals surface area contributed by atoms with Gasteiger partial charge in [0.25, 0.3) is 11.5 Å². The standard InChI is InChI=1S/C23H24N6O3/c1-28-22(31)18-4-2-3-5-19(18)29-20(26-27-23(28)29)14-24-16-8-6-15(7-9-16)21(30)25-17-10-12-32-13-11-17/h2-9,17,24H,10-14H2,1H3,(H,25,30). The van der Waals surface area contributed by atoms with Gasteiger partial charge in [-0.05, 0) is 49.2 Å². The molecule has 0 unspecified atom stereocenters. The molecule has 164 valence electrons. The number of nitrogens with zero attached hydrogens (tertiary/aromatic N) is 4. The molecule has 5 rings (SSSR count). The van der Waals surface area contributed by atoms with Crippen molar-refractivity contribution in [2.75, 3.05) is 18.5 Å². The maximum absolute atomic E-state index is 12.6. The fourth-order valence-electron chi connectivity index (χ4n) is 4.04. The second-order valence-corrected chi connectivity index (χ2v) is 7.92. The van der Waals surface area contributed by atoms with E-state index in [2.05, 4.69) is 20.8 Å². The summed E-state index contributed by atoms with van der Waals surface area (Å²) in [6.07, 6.45) is 1.69. The zero-order chi connectivity index (χ0) is 22.1. The van der Waals surface area contributed by atoms with Crippen molar-refractivity contribution in [1.29, 1.82) is 0 Å². The number of hydrogen-bond donors (Lipinski definition) is 2. The van der Waals surface area contributed by atoms with E-state index in [0.29, 0.717) is 42.3 Å². The largest absolute Gasteiger partial charge is 0.381 e. The highest BCUT2D eigenvalue weighted by Gasteiger charge is 2.17. The van der Waals surface area contributed by atoms with E-state index in [1.165, 1.54) is 4.57 Å². The Morgan fingerprint density at radius 3 is 2.62 bits per heavy atom. The van der Waals surface area contributed by atoms with E-state index in [-0.39, 0.29) is 17.5 Å². The smallest absolute Gasteiger partial charge is 0.262 e. The number of amides is 1. The molecule has 0 aliphatic carbocycles. The van der Waals surface area contributed by atoms with Gasteiger partial charge in [-0.1, -0.05) is 12.1 Å². The Morgan fingerprint density at radius 1 is 1.09 bits per heavy atom. The zero-order valence-electron chi connectivity index (χ0n) is 17.7. The van der Waals surface area contributed by atoms with Gasteiger partial charge in [-0.25, -0.2) is 0 Å². The van der Waals surface area contributed by atoms with Crippen LogP contribution in [0.2, 0.25) is 0 Å². The summed E-state index contributed by atoms with van der Waals surface area (Å²) in [5.41, 5.74) is 2.15. The van der Waals surface area contributed by atoms with Crippen LogP contribution in [-0.4, -0.2) is 44.3 Å². The molecular formula is C23H24N6O3. The zero-order valence-corrected chi connectivity index (χ0v) is 17.7. The van der Waals surface area contributed by atoms with Crippen LogP contribution in [0.3, 0.4) is 0 Å². The van der Waals surface area contributed by atoms with E-state index in [9.17, 15) is 9.59 Å². The number of carbonyl (C=O) groups excluding carboxylic acids is 1. The van der Waals surface area contributed by atoms with E-state index >= 15 is 0 Å². The third kappa shape index (κ3) is 3.71. The van der Waals surface area contributed by atoms with Crippen LogP contribution >= 0.6 is 0 Å². The SMILES string of the molecule is Cn1c(=O)c2ccccc2n2c(CNc3ccc(C(=O)NC4CCOCC4)cc3)nnc12. The second kappa shape index (κ2) is 8.43. The van der Waals surface area contributed by atoms with Crippen molar-refractivity contribution in [3.63, 3.8) is 0 Å². The third-order valence-electron chi connectivity index (χ3n) is 5.85. The molecule has 0 bridgehead atoms. The summed E-state index contributed by atoms with van der Waals surface area (Å²) in [5.74, 6) is 1.11. The second-order valence-electron chi connectivity index (χ2n) is 7.92. The summed E-state index contributed by atoms with van der Waals surface area (Å²) in [4.78, 5) is 25.0. The van der Waals surface area contributed by atoms with Gasteiger partial charge in [-0.3, -0.25) is 18.6 Å². The van der Waals surface area contributed by atoms with Crippen LogP contribution in [0.25, 0.3) is 16.7 Å². The number of carbonyl (C=O) groups is 1. The fourth-order valence-corrected chi connectivity index (χ4v) is 4.04. The summed E-state index contributed by atoms with van der Waals surface area (Å²) in [7, 11) is 1.69. The number of aryl methyl sites for hydroxylation is 1. The predicted molar refractivity (Wildman–Crippen MR) is 121 cm³/mol. The van der Waals surface area contributed by atoms with Gasteiger partial charge in [-0.2, -0.15) is 0 Å². The summed E-state index contributed by atoms with van der Waals surface area (Å²) in [6, 6.07) is 14.9. The monoisotopic (exact) mass is 432 g/mol. The van der Waals surface area contributed by atoms with E-state index in [0.717, 1.165) is 24.0 Å². The maximum atomic E-state index is 12.6. The molecule has 1 aliphatic rings. The molecule has 2 aromatic heterocycles. The Labute approximate surface area is 184 Å². The van der Waals surface area contributed by atoms with Crippen LogP contribution in [0, 0.1) is 0 Å². The molecule has 0 radical (unpaired) electrons. The average molecular weight is 432 g/mol. The quantitative estimate of drug-likeness (QED) is 0.501. The van der Waals surface area contributed by atoms with Crippen LogP contribution in [-0.2, 0) is 18.3 Å². The molecule has 1 saturated heterocycles. The average Bonchev–Trinajstić information content (AvgIpc) is 3.26. The molecule has 2 aromatic carbocycles. The summed E-state index contributed by atoms with van der Waals surface area (Å²) in [5, 5.41) is 15.5. The first kappa shape index (κ1) is 20.2. The minimum atomic E-state index is -0.102. The number of ether oxygens (including phenoxy) is 1. The first-order chi connectivity index (χ1) is 15.6. The topological polar surface area (TPSA) is 103 Å². The van der Waals surface area contributed by atoms with Crippen molar-refractivity contribution in [2.24, 2.45) is 7.05 Å². The lowest BCUT2D eigenvalue weighted by Gasteiger charge is -2.23. The van der Waals surface area contributed by atoms with E-state index in [1.54, 1.807) is 25.2 Å². The number of rotatable bonds is 5. The minimum Gasteiger partial charge on any atom is -0.381 e. The highest BCUT2D eigenvalue weighted by molar-refractivity contribution is 5.94. The van der Waals surface area contributed by atoms with E-state index in [1.807, 2.05) is 34.7 Å². The Bertz CT molecular complexity index is 1340. The van der Waals surface area contributed by atoms with Crippen molar-refractivity contribution in [3.8, 4) is 0 Å². The molecule has 32 heavy (non-hydrogen) atoms. The highest BCUT2D eigenvalue weighted by Crippen LogP contribution is 2.16. The van der Waals surface area contributed by atoms with E-state index < -0.39 is 0 Å². The molecule has 3 heterocycles. The lowest BCUT2D eigenvalue weighted by Crippen LogP contribution is -2.38. The number of benzene rings is 2. The van der Waals surface area contributed by atoms with Crippen molar-refractivity contribution >= 4 is 28.3 Å². The van der Waals surface area contributed by atoms with Crippen molar-refractivity contribution in [3.05, 3.63) is 70.3 Å². The molecular weight excluding hydrogens is 408 g/mol. The number of aromatic nitrogens is 4. The van der Waals surface area contributed by atoms with Crippen molar-refractivity contribution in [1.82, 2.24) is 24.5 Å². The minimum absolute atomic E-state index is 0.0701. The van der Waals surface area contributed by atoms with Crippen molar-refractivity contribution in [2.45, 2.75) is 25.4 Å². The number of para-hydroxylation sites is 1. The molecule has 0 spiro atoms. The number of anilines is 1. The summed E-state index contributed by atoms with van der Waals surface area (Å²) >= 11 is 0. The predicted octanol–water partition coefficient (Wildman–Crippen LogP) is 2.10. The first-order valence-electron chi connectivity index (χ1n) is 10.7. The van der Waals surface area contributed by atoms with E-state index in [4.69, 9.17) is 4.74 Å². The van der Waals surface area contributed by atoms with Crippen LogP contribution in [0.15, 0.2) is 53.3 Å². The molecule has 1 amide bonds. The Hall–Kier alpha value is -3.72. The van der Waals surface area contributed by atoms with Gasteiger partial charge < -0.3 is 15.4 Å². The van der Waals surface area contributed by atoms with Gasteiger partial charge in [0.05, 0.1) is 17.4 Å². The van der Waals surface area contributed by atoms with Crippen LogP contribution < -0.4 is 16.2 Å². The Morgan fingerprint density at radius 2 is 1.84 bits per heavy atom. The molecule has 4 aromatic rings. The molecule has 0 atom stereocenters. The molecule has 1 aliphatic heterocycles. The molecule has 9 nitrogen and oxygen atoms in total. The highest BCUT2D eigenvalue weighted by atomic mass is 16.5. The molecule has 2 N–H and O–H groups in total. The number of nitrogens with one attached hydrogen (secondary N) is 2.